The third-order valence-corrected chi connectivity index (χ3v) is 4.00. The van der Waals surface area contributed by atoms with Gasteiger partial charge in [0.1, 0.15) is 5.75 Å². The van der Waals surface area contributed by atoms with Crippen LogP contribution >= 0.6 is 0 Å². The quantitative estimate of drug-likeness (QED) is 0.820. The van der Waals surface area contributed by atoms with Crippen molar-refractivity contribution in [2.45, 2.75) is 24.9 Å². The lowest BCUT2D eigenvalue weighted by molar-refractivity contribution is -0.121. The van der Waals surface area contributed by atoms with Crippen LogP contribution in [-0.2, 0) is 4.79 Å². The summed E-state index contributed by atoms with van der Waals surface area (Å²) in [6.45, 7) is 2.35. The molecule has 0 unspecified atom stereocenters. The van der Waals surface area contributed by atoms with Gasteiger partial charge in [-0.15, -0.1) is 0 Å². The van der Waals surface area contributed by atoms with Crippen LogP contribution < -0.4 is 10.1 Å². The Kier molecular flexibility index (Phi) is 5.59. The lowest BCUT2D eigenvalue weighted by Gasteiger charge is -2.23. The van der Waals surface area contributed by atoms with E-state index in [2.05, 4.69) is 10.2 Å². The van der Waals surface area contributed by atoms with Gasteiger partial charge in [0.25, 0.3) is 0 Å². The summed E-state index contributed by atoms with van der Waals surface area (Å²) >= 11 is 0. The molecule has 1 aliphatic rings. The lowest BCUT2D eigenvalue weighted by atomic mass is 9.94. The van der Waals surface area contributed by atoms with Gasteiger partial charge in [-0.2, -0.15) is 0 Å². The van der Waals surface area contributed by atoms with E-state index in [0.29, 0.717) is 13.0 Å². The summed E-state index contributed by atoms with van der Waals surface area (Å²) in [5.74, 6) is 0.934. The van der Waals surface area contributed by atoms with Crippen molar-refractivity contribution in [3.05, 3.63) is 29.8 Å². The number of hydrogen-bond acceptors (Lipinski definition) is 4. The topological polar surface area (TPSA) is 61.8 Å². The van der Waals surface area contributed by atoms with Gasteiger partial charge in [-0.3, -0.25) is 4.79 Å². The summed E-state index contributed by atoms with van der Waals surface area (Å²) in [5, 5.41) is 12.3. The fourth-order valence-corrected chi connectivity index (χ4v) is 2.80. The van der Waals surface area contributed by atoms with E-state index in [1.807, 2.05) is 24.3 Å². The van der Waals surface area contributed by atoms with Gasteiger partial charge in [-0.05, 0) is 24.1 Å². The second-order valence-electron chi connectivity index (χ2n) is 5.55. The molecule has 0 saturated carbocycles. The van der Waals surface area contributed by atoms with Gasteiger partial charge >= 0.3 is 0 Å². The Hall–Kier alpha value is -1.59. The Labute approximate surface area is 125 Å². The molecule has 1 fully saturated rings. The molecule has 0 bridgehead atoms. The molecule has 2 rings (SSSR count). The van der Waals surface area contributed by atoms with Crippen LogP contribution in [0.3, 0.4) is 0 Å². The summed E-state index contributed by atoms with van der Waals surface area (Å²) in [6.07, 6.45) is 1.01. The first-order valence-electron chi connectivity index (χ1n) is 7.37. The number of carbonyl (C=O) groups excluding carboxylic acids is 1. The predicted molar refractivity (Wildman–Crippen MR) is 81.5 cm³/mol. The molecule has 2 atom stereocenters. The highest BCUT2D eigenvalue weighted by Crippen LogP contribution is 2.26. The number of nitrogens with one attached hydrogen (secondary N) is 1. The first-order valence-corrected chi connectivity index (χ1v) is 7.37. The van der Waals surface area contributed by atoms with E-state index in [-0.39, 0.29) is 17.9 Å². The predicted octanol–water partition coefficient (Wildman–Crippen LogP) is 0.981. The molecule has 1 heterocycles. The molecular weight excluding hydrogens is 268 g/mol. The first kappa shape index (κ1) is 15.8. The van der Waals surface area contributed by atoms with Crippen molar-refractivity contribution in [2.24, 2.45) is 0 Å². The molecule has 21 heavy (non-hydrogen) atoms. The number of benzene rings is 1. The molecule has 0 spiro atoms. The molecule has 116 valence electrons. The number of methoxy groups -OCH3 is 1. The van der Waals surface area contributed by atoms with Gasteiger partial charge in [0, 0.05) is 39.0 Å². The molecule has 0 radical (unpaired) electrons. The Morgan fingerprint density at radius 3 is 3.00 bits per heavy atom. The minimum Gasteiger partial charge on any atom is -0.497 e. The van der Waals surface area contributed by atoms with Crippen molar-refractivity contribution in [3.63, 3.8) is 0 Å². The van der Waals surface area contributed by atoms with E-state index in [4.69, 9.17) is 4.74 Å². The van der Waals surface area contributed by atoms with Crippen molar-refractivity contribution < 1.29 is 14.6 Å². The molecule has 1 amide bonds. The third-order valence-electron chi connectivity index (χ3n) is 4.00. The second-order valence-corrected chi connectivity index (χ2v) is 5.55. The summed E-state index contributed by atoms with van der Waals surface area (Å²) in [4.78, 5) is 14.0. The Morgan fingerprint density at radius 2 is 2.38 bits per heavy atom. The standard InChI is InChI=1S/C16H24N2O3/c1-17-16(20)9-13(10-18-7-6-14(19)11-18)12-4-3-5-15(8-12)21-2/h3-5,8,13-14,19H,6-7,9-11H2,1-2H3,(H,17,20)/t13-,14+/m1/s1. The number of rotatable bonds is 6. The maximum atomic E-state index is 11.8. The Bertz CT molecular complexity index is 478. The molecule has 0 aromatic heterocycles. The van der Waals surface area contributed by atoms with Gasteiger partial charge in [0.2, 0.25) is 5.91 Å². The van der Waals surface area contributed by atoms with Gasteiger partial charge in [-0.25, -0.2) is 0 Å². The van der Waals surface area contributed by atoms with Gasteiger partial charge in [-0.1, -0.05) is 12.1 Å². The average Bonchev–Trinajstić information content (AvgIpc) is 2.91. The van der Waals surface area contributed by atoms with Crippen molar-refractivity contribution in [1.82, 2.24) is 10.2 Å². The number of aliphatic hydroxyl groups is 1. The number of nitrogens with zero attached hydrogens (tertiary/aromatic N) is 1. The summed E-state index contributed by atoms with van der Waals surface area (Å²) in [7, 11) is 3.30. The maximum absolute atomic E-state index is 11.8. The molecule has 5 nitrogen and oxygen atoms in total. The summed E-state index contributed by atoms with van der Waals surface area (Å²) in [5.41, 5.74) is 1.10. The largest absolute Gasteiger partial charge is 0.497 e. The minimum atomic E-state index is -0.240. The number of β-amino-alcohol motifs (C(OH)–C–C–N with tert-alkyl or cyclic N) is 1. The average molecular weight is 292 g/mol. The van der Waals surface area contributed by atoms with Crippen LogP contribution in [0, 0.1) is 0 Å². The van der Waals surface area contributed by atoms with Crippen LogP contribution in [0.2, 0.25) is 0 Å². The fraction of sp³-hybridized carbons (Fsp3) is 0.562. The number of carbonyl (C=O) groups is 1. The van der Waals surface area contributed by atoms with Gasteiger partial charge < -0.3 is 20.1 Å². The van der Waals surface area contributed by atoms with Crippen LogP contribution in [0.4, 0.5) is 0 Å². The monoisotopic (exact) mass is 292 g/mol. The normalized spacial score (nSPS) is 20.2. The van der Waals surface area contributed by atoms with Crippen LogP contribution in [0.15, 0.2) is 24.3 Å². The second kappa shape index (κ2) is 7.43. The molecule has 1 aromatic rings. The number of amides is 1. The highest BCUT2D eigenvalue weighted by molar-refractivity contribution is 5.76. The van der Waals surface area contributed by atoms with Crippen molar-refractivity contribution >= 4 is 5.91 Å². The van der Waals surface area contributed by atoms with Crippen LogP contribution in [0.25, 0.3) is 0 Å². The van der Waals surface area contributed by atoms with E-state index in [9.17, 15) is 9.90 Å². The van der Waals surface area contributed by atoms with Gasteiger partial charge in [0.15, 0.2) is 0 Å². The number of hydrogen-bond donors (Lipinski definition) is 2. The number of ether oxygens (including phenoxy) is 1. The highest BCUT2D eigenvalue weighted by atomic mass is 16.5. The molecule has 5 heteroatoms. The van der Waals surface area contributed by atoms with Crippen LogP contribution in [0.5, 0.6) is 5.75 Å². The zero-order valence-corrected chi connectivity index (χ0v) is 12.7. The SMILES string of the molecule is CNC(=O)C[C@H](CN1CC[C@H](O)C1)c1cccc(OC)c1. The van der Waals surface area contributed by atoms with E-state index in [1.165, 1.54) is 0 Å². The fourth-order valence-electron chi connectivity index (χ4n) is 2.80. The van der Waals surface area contributed by atoms with Crippen LogP contribution in [-0.4, -0.2) is 55.8 Å². The summed E-state index contributed by atoms with van der Waals surface area (Å²) < 4.78 is 5.27. The van der Waals surface area contributed by atoms with Crippen LogP contribution in [0.1, 0.15) is 24.3 Å². The zero-order chi connectivity index (χ0) is 15.2. The molecular formula is C16H24N2O3. The lowest BCUT2D eigenvalue weighted by Crippen LogP contribution is -2.30. The van der Waals surface area contributed by atoms with E-state index in [0.717, 1.165) is 30.8 Å². The maximum Gasteiger partial charge on any atom is 0.220 e. The van der Waals surface area contributed by atoms with Gasteiger partial charge in [0.05, 0.1) is 13.2 Å². The third kappa shape index (κ3) is 4.44. The van der Waals surface area contributed by atoms with E-state index >= 15 is 0 Å². The number of aliphatic hydroxyl groups excluding tert-OH is 1. The van der Waals surface area contributed by atoms with Crippen molar-refractivity contribution in [3.8, 4) is 5.75 Å². The zero-order valence-electron chi connectivity index (χ0n) is 12.7. The first-order chi connectivity index (χ1) is 10.1. The van der Waals surface area contributed by atoms with E-state index in [1.54, 1.807) is 14.2 Å². The Balaban J connectivity index is 2.12. The number of likely N-dealkylation sites (tertiary alicyclic amines) is 1. The molecule has 1 aromatic carbocycles. The summed E-state index contributed by atoms with van der Waals surface area (Å²) in [6, 6.07) is 7.87. The smallest absolute Gasteiger partial charge is 0.220 e. The molecule has 2 N–H and O–H groups in total. The molecule has 0 aliphatic carbocycles. The molecule has 1 saturated heterocycles. The Morgan fingerprint density at radius 1 is 1.57 bits per heavy atom. The van der Waals surface area contributed by atoms with E-state index < -0.39 is 0 Å². The minimum absolute atomic E-state index is 0.0302. The van der Waals surface area contributed by atoms with Crippen molar-refractivity contribution in [1.29, 1.82) is 0 Å². The highest BCUT2D eigenvalue weighted by Gasteiger charge is 2.25. The van der Waals surface area contributed by atoms with Crippen molar-refractivity contribution in [2.75, 3.05) is 33.8 Å². The molecule has 1 aliphatic heterocycles.